The highest BCUT2D eigenvalue weighted by atomic mass is 19.1. The van der Waals surface area contributed by atoms with Crippen molar-refractivity contribution in [3.63, 3.8) is 0 Å². The van der Waals surface area contributed by atoms with Gasteiger partial charge in [-0.2, -0.15) is 5.10 Å². The van der Waals surface area contributed by atoms with E-state index in [2.05, 4.69) is 15.1 Å². The molecule has 1 unspecified atom stereocenters. The van der Waals surface area contributed by atoms with E-state index in [0.717, 1.165) is 11.7 Å². The topological polar surface area (TPSA) is 75.9 Å². The van der Waals surface area contributed by atoms with Gasteiger partial charge in [0.05, 0.1) is 43.5 Å². The number of nitrogens with zero attached hydrogens (tertiary/aromatic N) is 6. The van der Waals surface area contributed by atoms with Crippen molar-refractivity contribution in [2.75, 3.05) is 31.1 Å². The number of rotatable bonds is 2. The van der Waals surface area contributed by atoms with E-state index in [1.54, 1.807) is 16.9 Å². The van der Waals surface area contributed by atoms with Crippen LogP contribution in [0.4, 0.5) is 14.7 Å². The molecular formula is C20H20F2N6O2. The minimum atomic E-state index is -1.35. The molecular weight excluding hydrogens is 394 g/mol. The molecule has 0 aromatic carbocycles. The first-order chi connectivity index (χ1) is 14.6. The number of ether oxygens (including phenoxy) is 1. The predicted octanol–water partition coefficient (Wildman–Crippen LogP) is 1.85. The maximum Gasteiger partial charge on any atom is 0.229 e. The number of alkyl halides is 1. The first kappa shape index (κ1) is 18.7. The second kappa shape index (κ2) is 7.51. The maximum absolute atomic E-state index is 15.1. The van der Waals surface area contributed by atoms with Crippen molar-refractivity contribution in [3.05, 3.63) is 48.3 Å². The maximum atomic E-state index is 15.1. The minimum absolute atomic E-state index is 0.0551. The van der Waals surface area contributed by atoms with E-state index in [-0.39, 0.29) is 37.9 Å². The zero-order valence-corrected chi connectivity index (χ0v) is 16.1. The van der Waals surface area contributed by atoms with E-state index in [9.17, 15) is 9.18 Å². The summed E-state index contributed by atoms with van der Waals surface area (Å²) >= 11 is 0. The average Bonchev–Trinajstić information content (AvgIpc) is 3.12. The Balaban J connectivity index is 1.31. The molecule has 3 aromatic heterocycles. The van der Waals surface area contributed by atoms with Crippen LogP contribution in [0.2, 0.25) is 0 Å². The summed E-state index contributed by atoms with van der Waals surface area (Å²) in [5, 5.41) is 4.25. The summed E-state index contributed by atoms with van der Waals surface area (Å²) in [7, 11) is 0. The summed E-state index contributed by atoms with van der Waals surface area (Å²) in [5.74, 6) is -0.928. The van der Waals surface area contributed by atoms with Crippen LogP contribution in [0.5, 0.6) is 5.75 Å². The third kappa shape index (κ3) is 3.21. The lowest BCUT2D eigenvalue weighted by Gasteiger charge is -2.36. The molecule has 156 valence electrons. The Morgan fingerprint density at radius 1 is 1.20 bits per heavy atom. The molecule has 8 nitrogen and oxygen atoms in total. The van der Waals surface area contributed by atoms with E-state index in [1.807, 2.05) is 17.0 Å². The lowest BCUT2D eigenvalue weighted by atomic mass is 9.93. The molecule has 5 rings (SSSR count). The van der Waals surface area contributed by atoms with Gasteiger partial charge in [0.15, 0.2) is 11.6 Å². The molecule has 0 saturated carbocycles. The van der Waals surface area contributed by atoms with Gasteiger partial charge >= 0.3 is 0 Å². The van der Waals surface area contributed by atoms with Gasteiger partial charge in [0.1, 0.15) is 12.8 Å². The Kier molecular flexibility index (Phi) is 4.68. The SMILES string of the molecule is O=C(C1CCN(c2nccc3ccnn23)C[C@@H]1F)N1CCOc2c(F)cncc2C1. The average molecular weight is 414 g/mol. The molecule has 0 bridgehead atoms. The fraction of sp³-hybridized carbons (Fsp3) is 0.400. The second-order valence-electron chi connectivity index (χ2n) is 7.49. The molecule has 3 aromatic rings. The van der Waals surface area contributed by atoms with E-state index < -0.39 is 17.9 Å². The number of pyridine rings is 1. The number of carbonyl (C=O) groups is 1. The van der Waals surface area contributed by atoms with Crippen molar-refractivity contribution < 1.29 is 18.3 Å². The first-order valence-electron chi connectivity index (χ1n) is 9.83. The molecule has 0 radical (unpaired) electrons. The molecule has 2 aliphatic rings. The zero-order valence-electron chi connectivity index (χ0n) is 16.1. The van der Waals surface area contributed by atoms with Crippen LogP contribution < -0.4 is 9.64 Å². The van der Waals surface area contributed by atoms with Gasteiger partial charge in [-0.15, -0.1) is 0 Å². The Morgan fingerprint density at radius 2 is 2.07 bits per heavy atom. The number of fused-ring (bicyclic) bond motifs is 2. The Bertz CT molecular complexity index is 1090. The number of piperidine rings is 1. The summed E-state index contributed by atoms with van der Waals surface area (Å²) < 4.78 is 36.2. The van der Waals surface area contributed by atoms with Crippen LogP contribution >= 0.6 is 0 Å². The lowest BCUT2D eigenvalue weighted by Crippen LogP contribution is -2.49. The van der Waals surface area contributed by atoms with E-state index >= 15 is 4.39 Å². The van der Waals surface area contributed by atoms with Gasteiger partial charge < -0.3 is 14.5 Å². The molecule has 0 N–H and O–H groups in total. The van der Waals surface area contributed by atoms with Crippen molar-refractivity contribution in [2.45, 2.75) is 19.1 Å². The van der Waals surface area contributed by atoms with Gasteiger partial charge in [-0.25, -0.2) is 18.3 Å². The van der Waals surface area contributed by atoms with Crippen LogP contribution in [-0.2, 0) is 11.3 Å². The smallest absolute Gasteiger partial charge is 0.229 e. The number of halogens is 2. The molecule has 0 aliphatic carbocycles. The van der Waals surface area contributed by atoms with Gasteiger partial charge in [-0.1, -0.05) is 0 Å². The summed E-state index contributed by atoms with van der Waals surface area (Å²) in [6.07, 6.45) is 4.89. The summed E-state index contributed by atoms with van der Waals surface area (Å²) in [5.41, 5.74) is 1.36. The molecule has 2 atom stereocenters. The molecule has 1 fully saturated rings. The van der Waals surface area contributed by atoms with Crippen LogP contribution in [-0.4, -0.2) is 62.8 Å². The third-order valence-corrected chi connectivity index (χ3v) is 5.65. The van der Waals surface area contributed by atoms with Crippen molar-refractivity contribution >= 4 is 17.4 Å². The fourth-order valence-corrected chi connectivity index (χ4v) is 4.12. The van der Waals surface area contributed by atoms with E-state index in [4.69, 9.17) is 4.74 Å². The third-order valence-electron chi connectivity index (χ3n) is 5.65. The summed E-state index contributed by atoms with van der Waals surface area (Å²) in [6, 6.07) is 3.68. The van der Waals surface area contributed by atoms with Crippen molar-refractivity contribution in [1.82, 2.24) is 24.5 Å². The molecule has 1 saturated heterocycles. The predicted molar refractivity (Wildman–Crippen MR) is 103 cm³/mol. The monoisotopic (exact) mass is 414 g/mol. The van der Waals surface area contributed by atoms with Crippen molar-refractivity contribution in [2.24, 2.45) is 5.92 Å². The first-order valence-corrected chi connectivity index (χ1v) is 9.83. The summed E-state index contributed by atoms with van der Waals surface area (Å²) in [6.45, 7) is 1.12. The summed E-state index contributed by atoms with van der Waals surface area (Å²) in [4.78, 5) is 24.6. The highest BCUT2D eigenvalue weighted by Gasteiger charge is 2.38. The van der Waals surface area contributed by atoms with E-state index in [0.29, 0.717) is 24.5 Å². The molecule has 0 spiro atoms. The number of aromatic nitrogens is 4. The number of amides is 1. The van der Waals surface area contributed by atoms with Crippen molar-refractivity contribution in [1.29, 1.82) is 0 Å². The van der Waals surface area contributed by atoms with Gasteiger partial charge in [-0.3, -0.25) is 9.78 Å². The zero-order chi connectivity index (χ0) is 20.7. The van der Waals surface area contributed by atoms with Gasteiger partial charge in [-0.05, 0) is 18.6 Å². The van der Waals surface area contributed by atoms with Crippen LogP contribution in [0, 0.1) is 11.7 Å². The van der Waals surface area contributed by atoms with Gasteiger partial charge in [0.2, 0.25) is 11.9 Å². The highest BCUT2D eigenvalue weighted by Crippen LogP contribution is 2.29. The Labute approximate surface area is 171 Å². The van der Waals surface area contributed by atoms with Crippen LogP contribution in [0.25, 0.3) is 5.52 Å². The fourth-order valence-electron chi connectivity index (χ4n) is 4.12. The number of anilines is 1. The van der Waals surface area contributed by atoms with Crippen LogP contribution in [0.15, 0.2) is 36.9 Å². The lowest BCUT2D eigenvalue weighted by molar-refractivity contribution is -0.139. The van der Waals surface area contributed by atoms with Crippen molar-refractivity contribution in [3.8, 4) is 5.75 Å². The molecule has 2 aliphatic heterocycles. The van der Waals surface area contributed by atoms with Crippen LogP contribution in [0.1, 0.15) is 12.0 Å². The minimum Gasteiger partial charge on any atom is -0.488 e. The number of carbonyl (C=O) groups excluding carboxylic acids is 1. The van der Waals surface area contributed by atoms with Gasteiger partial charge in [0.25, 0.3) is 0 Å². The number of hydrogen-bond donors (Lipinski definition) is 0. The van der Waals surface area contributed by atoms with E-state index in [1.165, 1.54) is 11.1 Å². The normalized spacial score (nSPS) is 21.8. The molecule has 1 amide bonds. The molecule has 10 heteroatoms. The largest absolute Gasteiger partial charge is 0.488 e. The second-order valence-corrected chi connectivity index (χ2v) is 7.49. The quantitative estimate of drug-likeness (QED) is 0.637. The highest BCUT2D eigenvalue weighted by molar-refractivity contribution is 5.80. The standard InChI is InChI=1S/C20H20F2N6O2/c21-16-10-23-9-13-11-26(7-8-30-18(13)16)19(29)15-3-6-27(12-17(15)22)20-24-4-1-14-2-5-25-28(14)20/h1-2,4-5,9-10,15,17H,3,6-8,11-12H2/t15?,17-/m0/s1. The molecule has 5 heterocycles. The Hall–Kier alpha value is -3.30. The number of hydrogen-bond acceptors (Lipinski definition) is 6. The molecule has 30 heavy (non-hydrogen) atoms. The van der Waals surface area contributed by atoms with Gasteiger partial charge in [0, 0.05) is 24.5 Å². The Morgan fingerprint density at radius 3 is 2.93 bits per heavy atom. The van der Waals surface area contributed by atoms with Crippen LogP contribution in [0.3, 0.4) is 0 Å².